The van der Waals surface area contributed by atoms with Crippen molar-refractivity contribution in [3.8, 4) is 22.5 Å². The number of carbonyl (C=O) groups excluding carboxylic acids is 1. The molecule has 4 rings (SSSR count). The van der Waals surface area contributed by atoms with Crippen LogP contribution in [-0.4, -0.2) is 43.6 Å². The summed E-state index contributed by atoms with van der Waals surface area (Å²) in [6.45, 7) is 7.95. The Kier molecular flexibility index (Phi) is 8.05. The fraction of sp³-hybridized carbons (Fsp3) is 0.345. The second-order valence-electron chi connectivity index (χ2n) is 9.68. The normalized spacial score (nSPS) is 11.2. The molecule has 2 aromatic heterocycles. The lowest BCUT2D eigenvalue weighted by atomic mass is 9.98. The largest absolute Gasteiger partial charge is 0.439 e. The van der Waals surface area contributed by atoms with E-state index < -0.39 is 5.76 Å². The highest BCUT2D eigenvalue weighted by Gasteiger charge is 2.24. The number of hydrogen-bond donors (Lipinski definition) is 1. The molecule has 1 amide bonds. The first-order chi connectivity index (χ1) is 18.2. The van der Waals surface area contributed by atoms with Crippen molar-refractivity contribution in [2.75, 3.05) is 7.05 Å². The van der Waals surface area contributed by atoms with Crippen LogP contribution in [0.25, 0.3) is 22.5 Å². The first-order valence-corrected chi connectivity index (χ1v) is 12.8. The molecule has 0 saturated heterocycles. The molecule has 1 N–H and O–H groups in total. The molecule has 0 fully saturated rings. The number of benzene rings is 2. The van der Waals surface area contributed by atoms with Crippen molar-refractivity contribution in [2.45, 2.75) is 59.5 Å². The number of amides is 1. The van der Waals surface area contributed by atoms with Gasteiger partial charge >= 0.3 is 5.76 Å². The molecule has 38 heavy (non-hydrogen) atoms. The van der Waals surface area contributed by atoms with E-state index in [1.54, 1.807) is 23.4 Å². The second kappa shape index (κ2) is 11.4. The molecule has 0 atom stereocenters. The number of nitrogens with one attached hydrogen (secondary N) is 1. The summed E-state index contributed by atoms with van der Waals surface area (Å²) in [6.07, 6.45) is 2.52. The SMILES string of the molecule is CCCCc1nc(C)c(C(=O)N(C)C(C)C)c(=O)n1Cc1ccc(-c2ccccc2-c2noc(=O)[nH]2)cc1. The number of unbranched alkanes of at least 4 members (excludes halogenated alkanes) is 1. The third-order valence-electron chi connectivity index (χ3n) is 6.72. The Morgan fingerprint density at radius 1 is 1.08 bits per heavy atom. The molecule has 0 aliphatic carbocycles. The van der Waals surface area contributed by atoms with Gasteiger partial charge in [-0.15, -0.1) is 0 Å². The van der Waals surface area contributed by atoms with Gasteiger partial charge in [-0.3, -0.25) is 23.7 Å². The first-order valence-electron chi connectivity index (χ1n) is 12.8. The summed E-state index contributed by atoms with van der Waals surface area (Å²) >= 11 is 0. The number of hydrogen-bond acceptors (Lipinski definition) is 6. The van der Waals surface area contributed by atoms with Crippen molar-refractivity contribution in [1.82, 2.24) is 24.6 Å². The molecule has 0 aliphatic rings. The lowest BCUT2D eigenvalue weighted by molar-refractivity contribution is 0.0751. The molecule has 9 nitrogen and oxygen atoms in total. The third-order valence-corrected chi connectivity index (χ3v) is 6.72. The summed E-state index contributed by atoms with van der Waals surface area (Å²) < 4.78 is 6.31. The smallest absolute Gasteiger partial charge is 0.339 e. The average molecular weight is 516 g/mol. The molecule has 9 heteroatoms. The molecule has 4 aromatic rings. The number of rotatable bonds is 9. The van der Waals surface area contributed by atoms with Gasteiger partial charge in [-0.1, -0.05) is 67.0 Å². The Morgan fingerprint density at radius 3 is 2.37 bits per heavy atom. The van der Waals surface area contributed by atoms with Crippen LogP contribution in [0.15, 0.2) is 62.6 Å². The molecule has 2 aromatic carbocycles. The summed E-state index contributed by atoms with van der Waals surface area (Å²) in [7, 11) is 1.70. The number of carbonyl (C=O) groups is 1. The zero-order valence-corrected chi connectivity index (χ0v) is 22.4. The van der Waals surface area contributed by atoms with E-state index in [0.717, 1.165) is 35.1 Å². The molecule has 198 valence electrons. The summed E-state index contributed by atoms with van der Waals surface area (Å²) in [5.74, 6) is 0.112. The predicted octanol–water partition coefficient (Wildman–Crippen LogP) is 4.43. The highest BCUT2D eigenvalue weighted by molar-refractivity contribution is 5.94. The molecule has 0 radical (unpaired) electrons. The summed E-state index contributed by atoms with van der Waals surface area (Å²) in [4.78, 5) is 47.2. The Labute approximate surface area is 221 Å². The maximum absolute atomic E-state index is 13.7. The van der Waals surface area contributed by atoms with Crippen molar-refractivity contribution < 1.29 is 9.32 Å². The minimum absolute atomic E-state index is 0.0416. The Morgan fingerprint density at radius 2 is 1.76 bits per heavy atom. The van der Waals surface area contributed by atoms with Crippen molar-refractivity contribution in [1.29, 1.82) is 0 Å². The summed E-state index contributed by atoms with van der Waals surface area (Å²) in [6, 6.07) is 15.4. The zero-order valence-electron chi connectivity index (χ0n) is 22.4. The number of aromatic amines is 1. The summed E-state index contributed by atoms with van der Waals surface area (Å²) in [5, 5.41) is 3.82. The van der Waals surface area contributed by atoms with Gasteiger partial charge in [0.15, 0.2) is 5.82 Å². The fourth-order valence-electron chi connectivity index (χ4n) is 4.32. The number of H-pyrrole nitrogens is 1. The Hall–Kier alpha value is -4.27. The summed E-state index contributed by atoms with van der Waals surface area (Å²) in [5.41, 5.74) is 3.72. The van der Waals surface area contributed by atoms with Gasteiger partial charge in [0.1, 0.15) is 11.4 Å². The molecule has 0 bridgehead atoms. The van der Waals surface area contributed by atoms with E-state index in [0.29, 0.717) is 30.3 Å². The van der Waals surface area contributed by atoms with Crippen molar-refractivity contribution in [3.05, 3.63) is 92.1 Å². The maximum Gasteiger partial charge on any atom is 0.439 e. The van der Waals surface area contributed by atoms with Crippen molar-refractivity contribution >= 4 is 5.91 Å². The molecule has 0 saturated carbocycles. The van der Waals surface area contributed by atoms with E-state index >= 15 is 0 Å². The molecular formula is C29H33N5O4. The minimum atomic E-state index is -0.612. The van der Waals surface area contributed by atoms with Gasteiger partial charge in [0.25, 0.3) is 11.5 Å². The molecule has 0 spiro atoms. The predicted molar refractivity (Wildman–Crippen MR) is 146 cm³/mol. The van der Waals surface area contributed by atoms with Crippen LogP contribution in [0.5, 0.6) is 0 Å². The highest BCUT2D eigenvalue weighted by Crippen LogP contribution is 2.30. The molecular weight excluding hydrogens is 482 g/mol. The van der Waals surface area contributed by atoms with E-state index in [4.69, 9.17) is 4.98 Å². The van der Waals surface area contributed by atoms with E-state index in [1.807, 2.05) is 62.4 Å². The van der Waals surface area contributed by atoms with E-state index in [9.17, 15) is 14.4 Å². The molecule has 0 aliphatic heterocycles. The number of aryl methyl sites for hydroxylation is 2. The fourth-order valence-corrected chi connectivity index (χ4v) is 4.32. The van der Waals surface area contributed by atoms with Crippen LogP contribution in [0.1, 0.15) is 61.1 Å². The van der Waals surface area contributed by atoms with Gasteiger partial charge in [0.05, 0.1) is 12.2 Å². The quantitative estimate of drug-likeness (QED) is 0.353. The Balaban J connectivity index is 1.71. The van der Waals surface area contributed by atoms with Crippen LogP contribution >= 0.6 is 0 Å². The minimum Gasteiger partial charge on any atom is -0.339 e. The first kappa shape index (κ1) is 26.8. The third kappa shape index (κ3) is 5.51. The van der Waals surface area contributed by atoms with Gasteiger partial charge in [-0.2, -0.15) is 0 Å². The lowest BCUT2D eigenvalue weighted by Crippen LogP contribution is -2.40. The van der Waals surface area contributed by atoms with Crippen LogP contribution in [0, 0.1) is 6.92 Å². The zero-order chi connectivity index (χ0) is 27.4. The van der Waals surface area contributed by atoms with Gasteiger partial charge in [0, 0.05) is 25.1 Å². The monoisotopic (exact) mass is 515 g/mol. The van der Waals surface area contributed by atoms with Crippen LogP contribution in [0.3, 0.4) is 0 Å². The Bertz CT molecular complexity index is 1550. The molecule has 2 heterocycles. The average Bonchev–Trinajstić information content (AvgIpc) is 3.35. The van der Waals surface area contributed by atoms with E-state index in [2.05, 4.69) is 21.6 Å². The molecule has 0 unspecified atom stereocenters. The lowest BCUT2D eigenvalue weighted by Gasteiger charge is -2.23. The van der Waals surface area contributed by atoms with Gasteiger partial charge in [-0.05, 0) is 43.9 Å². The second-order valence-corrected chi connectivity index (χ2v) is 9.68. The van der Waals surface area contributed by atoms with Crippen LogP contribution in [-0.2, 0) is 13.0 Å². The highest BCUT2D eigenvalue weighted by atomic mass is 16.5. The van der Waals surface area contributed by atoms with E-state index in [-0.39, 0.29) is 23.1 Å². The van der Waals surface area contributed by atoms with Crippen LogP contribution in [0.4, 0.5) is 0 Å². The topological polar surface area (TPSA) is 114 Å². The van der Waals surface area contributed by atoms with E-state index in [1.165, 1.54) is 0 Å². The number of aromatic nitrogens is 4. The van der Waals surface area contributed by atoms with Crippen molar-refractivity contribution in [3.63, 3.8) is 0 Å². The van der Waals surface area contributed by atoms with Gasteiger partial charge < -0.3 is 4.90 Å². The number of nitrogens with zero attached hydrogens (tertiary/aromatic N) is 4. The van der Waals surface area contributed by atoms with Gasteiger partial charge in [0.2, 0.25) is 0 Å². The van der Waals surface area contributed by atoms with Crippen LogP contribution < -0.4 is 11.3 Å². The standard InChI is InChI=1S/C29H33N5O4/c1-6-7-12-24-30-19(4)25(27(35)33(5)18(2)3)28(36)34(24)17-20-13-15-21(16-14-20)22-10-8-9-11-23(22)26-31-29(37)38-32-26/h8-11,13-16,18H,6-7,12,17H2,1-5H3,(H,31,32,37). The van der Waals surface area contributed by atoms with Gasteiger partial charge in [-0.25, -0.2) is 9.78 Å². The maximum atomic E-state index is 13.7. The van der Waals surface area contributed by atoms with Crippen molar-refractivity contribution in [2.24, 2.45) is 0 Å². The van der Waals surface area contributed by atoms with Crippen LogP contribution in [0.2, 0.25) is 0 Å².